The van der Waals surface area contributed by atoms with Crippen LogP contribution in [0.25, 0.3) is 0 Å². The van der Waals surface area contributed by atoms with E-state index in [1.165, 1.54) is 15.4 Å². The second-order valence-electron chi connectivity index (χ2n) is 5.05. The summed E-state index contributed by atoms with van der Waals surface area (Å²) in [6, 6.07) is 4.59. The highest BCUT2D eigenvalue weighted by Gasteiger charge is 2.24. The molecule has 0 aliphatic carbocycles. The lowest BCUT2D eigenvalue weighted by Crippen LogP contribution is -2.45. The maximum atomic E-state index is 4.46. The normalized spacial score (nSPS) is 19.2. The quantitative estimate of drug-likeness (QED) is 0.938. The predicted molar refractivity (Wildman–Crippen MR) is 89.0 cm³/mol. The minimum atomic E-state index is 0. The summed E-state index contributed by atoms with van der Waals surface area (Å²) in [4.78, 5) is 12.6. The topological polar surface area (TPSA) is 41.1 Å². The lowest BCUT2D eigenvalue weighted by atomic mass is 10.1. The van der Waals surface area contributed by atoms with Gasteiger partial charge in [0.2, 0.25) is 0 Å². The van der Waals surface area contributed by atoms with Gasteiger partial charge in [0.1, 0.15) is 0 Å². The number of nitrogens with one attached hydrogen (secondary N) is 1. The van der Waals surface area contributed by atoms with Crippen molar-refractivity contribution in [1.82, 2.24) is 20.2 Å². The Kier molecular flexibility index (Phi) is 6.11. The average Bonchev–Trinajstić information content (AvgIpc) is 2.96. The Morgan fingerprint density at radius 3 is 3.05 bits per heavy atom. The molecule has 4 nitrogen and oxygen atoms in total. The van der Waals surface area contributed by atoms with Crippen LogP contribution in [0.5, 0.6) is 0 Å². The van der Waals surface area contributed by atoms with Crippen molar-refractivity contribution in [3.05, 3.63) is 46.2 Å². The third kappa shape index (κ3) is 4.01. The largest absolute Gasteiger partial charge is 0.314 e. The van der Waals surface area contributed by atoms with Gasteiger partial charge in [0.05, 0.1) is 5.01 Å². The Bertz CT molecular complexity index is 546. The highest BCUT2D eigenvalue weighted by atomic mass is 35.5. The number of rotatable bonds is 4. The summed E-state index contributed by atoms with van der Waals surface area (Å²) in [6.07, 6.45) is 6.87. The van der Waals surface area contributed by atoms with Crippen LogP contribution in [0.4, 0.5) is 0 Å². The monoisotopic (exact) mass is 324 g/mol. The summed E-state index contributed by atoms with van der Waals surface area (Å²) >= 11 is 1.83. The minimum absolute atomic E-state index is 0. The summed E-state index contributed by atoms with van der Waals surface area (Å²) in [7, 11) is 0. The van der Waals surface area contributed by atoms with Crippen molar-refractivity contribution in [3.8, 4) is 0 Å². The van der Waals surface area contributed by atoms with Gasteiger partial charge >= 0.3 is 0 Å². The molecule has 0 spiro atoms. The molecule has 1 fully saturated rings. The first kappa shape index (κ1) is 16.4. The fourth-order valence-corrected chi connectivity index (χ4v) is 3.51. The van der Waals surface area contributed by atoms with Gasteiger partial charge in [0.15, 0.2) is 0 Å². The first-order valence-corrected chi connectivity index (χ1v) is 7.96. The highest BCUT2D eigenvalue weighted by Crippen LogP contribution is 2.25. The summed E-state index contributed by atoms with van der Waals surface area (Å²) in [6.45, 7) is 6.25. The van der Waals surface area contributed by atoms with E-state index < -0.39 is 0 Å². The van der Waals surface area contributed by atoms with E-state index >= 15 is 0 Å². The van der Waals surface area contributed by atoms with Crippen LogP contribution in [0.15, 0.2) is 30.7 Å². The third-order valence-electron chi connectivity index (χ3n) is 3.69. The van der Waals surface area contributed by atoms with Gasteiger partial charge in [-0.05, 0) is 18.1 Å². The van der Waals surface area contributed by atoms with Crippen molar-refractivity contribution < 1.29 is 0 Å². The number of hydrogen-bond donors (Lipinski definition) is 1. The van der Waals surface area contributed by atoms with Crippen molar-refractivity contribution in [2.75, 3.05) is 19.6 Å². The van der Waals surface area contributed by atoms with E-state index in [2.05, 4.69) is 33.2 Å². The Morgan fingerprint density at radius 2 is 2.33 bits per heavy atom. The zero-order valence-electron chi connectivity index (χ0n) is 12.2. The Labute approximate surface area is 136 Å². The molecule has 1 saturated heterocycles. The van der Waals surface area contributed by atoms with Crippen LogP contribution in [-0.4, -0.2) is 34.5 Å². The van der Waals surface area contributed by atoms with Gasteiger partial charge < -0.3 is 5.32 Å². The summed E-state index contributed by atoms with van der Waals surface area (Å²) in [5, 5.41) is 4.71. The maximum Gasteiger partial charge on any atom is 0.0925 e. The lowest BCUT2D eigenvalue weighted by molar-refractivity contribution is 0.155. The van der Waals surface area contributed by atoms with E-state index in [4.69, 9.17) is 0 Å². The number of nitrogens with zero attached hydrogens (tertiary/aromatic N) is 3. The third-order valence-corrected chi connectivity index (χ3v) is 4.81. The zero-order valence-corrected chi connectivity index (χ0v) is 13.8. The van der Waals surface area contributed by atoms with Gasteiger partial charge in [-0.2, -0.15) is 0 Å². The molecule has 3 rings (SSSR count). The van der Waals surface area contributed by atoms with Gasteiger partial charge in [0.25, 0.3) is 0 Å². The second-order valence-corrected chi connectivity index (χ2v) is 6.25. The standard InChI is InChI=1S/C15H20N4S.ClH/c1-2-15-18-9-13(20-15)11-19-7-6-17-10-14(19)12-4-3-5-16-8-12;/h3-5,8-9,14,17H,2,6-7,10-11H2,1H3;1H. The van der Waals surface area contributed by atoms with E-state index in [-0.39, 0.29) is 12.4 Å². The number of pyridine rings is 1. The molecular formula is C15H21ClN4S. The molecule has 3 heterocycles. The Hall–Kier alpha value is -1.01. The molecule has 1 N–H and O–H groups in total. The predicted octanol–water partition coefficient (Wildman–Crippen LogP) is 2.67. The number of thiazole rings is 1. The fourth-order valence-electron chi connectivity index (χ4n) is 2.62. The molecule has 1 atom stereocenters. The van der Waals surface area contributed by atoms with Crippen molar-refractivity contribution in [1.29, 1.82) is 0 Å². The number of aromatic nitrogens is 2. The van der Waals surface area contributed by atoms with Crippen molar-refractivity contribution in [3.63, 3.8) is 0 Å². The first-order chi connectivity index (χ1) is 9.86. The minimum Gasteiger partial charge on any atom is -0.314 e. The number of aryl methyl sites for hydroxylation is 1. The second kappa shape index (κ2) is 7.84. The van der Waals surface area contributed by atoms with E-state index in [1.807, 2.05) is 36.0 Å². The molecule has 0 radical (unpaired) electrons. The molecular weight excluding hydrogens is 304 g/mol. The highest BCUT2D eigenvalue weighted by molar-refractivity contribution is 7.11. The molecule has 1 aliphatic heterocycles. The van der Waals surface area contributed by atoms with E-state index in [1.54, 1.807) is 0 Å². The molecule has 21 heavy (non-hydrogen) atoms. The molecule has 0 aromatic carbocycles. The van der Waals surface area contributed by atoms with Crippen LogP contribution in [0.3, 0.4) is 0 Å². The first-order valence-electron chi connectivity index (χ1n) is 7.15. The average molecular weight is 325 g/mol. The van der Waals surface area contributed by atoms with Crippen molar-refractivity contribution >= 4 is 23.7 Å². The molecule has 2 aromatic rings. The van der Waals surface area contributed by atoms with Gasteiger partial charge in [-0.3, -0.25) is 9.88 Å². The van der Waals surface area contributed by atoms with Gasteiger partial charge in [0, 0.05) is 55.7 Å². The van der Waals surface area contributed by atoms with Crippen LogP contribution in [-0.2, 0) is 13.0 Å². The van der Waals surface area contributed by atoms with Crippen LogP contribution in [0.1, 0.15) is 28.4 Å². The zero-order chi connectivity index (χ0) is 13.8. The van der Waals surface area contributed by atoms with Crippen LogP contribution in [0, 0.1) is 0 Å². The van der Waals surface area contributed by atoms with E-state index in [9.17, 15) is 0 Å². The summed E-state index contributed by atoms with van der Waals surface area (Å²) < 4.78 is 0. The molecule has 1 aliphatic rings. The van der Waals surface area contributed by atoms with E-state index in [0.29, 0.717) is 6.04 Å². The molecule has 0 amide bonds. The molecule has 0 bridgehead atoms. The smallest absolute Gasteiger partial charge is 0.0925 e. The molecule has 6 heteroatoms. The van der Waals surface area contributed by atoms with Crippen LogP contribution >= 0.6 is 23.7 Å². The SMILES string of the molecule is CCc1ncc(CN2CCNCC2c2cccnc2)s1.Cl. The fraction of sp³-hybridized carbons (Fsp3) is 0.467. The molecule has 2 aromatic heterocycles. The summed E-state index contributed by atoms with van der Waals surface area (Å²) in [5.41, 5.74) is 1.29. The number of halogens is 1. The Balaban J connectivity index is 0.00000161. The maximum absolute atomic E-state index is 4.46. The lowest BCUT2D eigenvalue weighted by Gasteiger charge is -2.35. The molecule has 0 saturated carbocycles. The van der Waals surface area contributed by atoms with Crippen LogP contribution in [0.2, 0.25) is 0 Å². The van der Waals surface area contributed by atoms with Crippen molar-refractivity contribution in [2.45, 2.75) is 25.9 Å². The van der Waals surface area contributed by atoms with Gasteiger partial charge in [-0.1, -0.05) is 13.0 Å². The van der Waals surface area contributed by atoms with Crippen molar-refractivity contribution in [2.24, 2.45) is 0 Å². The number of piperazine rings is 1. The van der Waals surface area contributed by atoms with Crippen LogP contribution < -0.4 is 5.32 Å². The van der Waals surface area contributed by atoms with Gasteiger partial charge in [-0.25, -0.2) is 4.98 Å². The Morgan fingerprint density at radius 1 is 1.43 bits per heavy atom. The molecule has 114 valence electrons. The van der Waals surface area contributed by atoms with Gasteiger partial charge in [-0.15, -0.1) is 23.7 Å². The molecule has 1 unspecified atom stereocenters. The van der Waals surface area contributed by atoms with E-state index in [0.717, 1.165) is 32.6 Å². The number of hydrogen-bond acceptors (Lipinski definition) is 5. The summed E-state index contributed by atoms with van der Waals surface area (Å²) in [5.74, 6) is 0.